The quantitative estimate of drug-likeness (QED) is 0.324. The summed E-state index contributed by atoms with van der Waals surface area (Å²) in [4.78, 5) is 18.7. The minimum Gasteiger partial charge on any atom is -0.357 e. The average molecular weight is 504 g/mol. The van der Waals surface area contributed by atoms with Crippen LogP contribution in [0.1, 0.15) is 38.2 Å². The summed E-state index contributed by atoms with van der Waals surface area (Å²) < 4.78 is 0. The first-order valence-corrected chi connectivity index (χ1v) is 10.8. The van der Waals surface area contributed by atoms with Crippen LogP contribution in [0.4, 0.5) is 0 Å². The van der Waals surface area contributed by atoms with Gasteiger partial charge in [-0.25, -0.2) is 0 Å². The standard InChI is InChI=1S/C20H32N4OS.HI/c1-4-21-20(23-17-10-11-18(14-17)26-3)22-13-12-19(25)24(2)15-16-8-6-5-7-9-16;/h5-9,17-18H,4,10-15H2,1-3H3,(H2,21,22,23);1H. The van der Waals surface area contributed by atoms with Crippen molar-refractivity contribution in [3.05, 3.63) is 35.9 Å². The van der Waals surface area contributed by atoms with Gasteiger partial charge in [0.25, 0.3) is 0 Å². The molecule has 0 heterocycles. The third kappa shape index (κ3) is 8.72. The molecule has 1 aliphatic rings. The van der Waals surface area contributed by atoms with Crippen LogP contribution in [0.25, 0.3) is 0 Å². The van der Waals surface area contributed by atoms with Gasteiger partial charge in [0.2, 0.25) is 5.91 Å². The van der Waals surface area contributed by atoms with E-state index in [2.05, 4.69) is 28.8 Å². The number of halogens is 1. The zero-order valence-corrected chi connectivity index (χ0v) is 19.8. The molecule has 1 aromatic carbocycles. The fraction of sp³-hybridized carbons (Fsp3) is 0.600. The van der Waals surface area contributed by atoms with E-state index in [0.717, 1.165) is 23.3 Å². The first-order chi connectivity index (χ1) is 12.6. The number of hydrogen-bond donors (Lipinski definition) is 2. The predicted octanol–water partition coefficient (Wildman–Crippen LogP) is 3.49. The third-order valence-electron chi connectivity index (χ3n) is 4.69. The number of carbonyl (C=O) groups excluding carboxylic acids is 1. The Hall–Kier alpha value is -0.960. The van der Waals surface area contributed by atoms with Crippen molar-refractivity contribution >= 4 is 47.6 Å². The molecule has 2 N–H and O–H groups in total. The van der Waals surface area contributed by atoms with Gasteiger partial charge < -0.3 is 15.5 Å². The van der Waals surface area contributed by atoms with Gasteiger partial charge in [0.15, 0.2) is 5.96 Å². The average Bonchev–Trinajstić information content (AvgIpc) is 3.10. The van der Waals surface area contributed by atoms with E-state index in [-0.39, 0.29) is 29.9 Å². The summed E-state index contributed by atoms with van der Waals surface area (Å²) in [6.45, 7) is 4.04. The van der Waals surface area contributed by atoms with Gasteiger partial charge >= 0.3 is 0 Å². The molecular weight excluding hydrogens is 471 g/mol. The molecule has 27 heavy (non-hydrogen) atoms. The molecule has 2 unspecified atom stereocenters. The summed E-state index contributed by atoms with van der Waals surface area (Å²) in [6.07, 6.45) is 6.25. The second-order valence-electron chi connectivity index (χ2n) is 6.76. The van der Waals surface area contributed by atoms with Crippen LogP contribution in [0.5, 0.6) is 0 Å². The molecule has 0 spiro atoms. The first-order valence-electron chi connectivity index (χ1n) is 9.48. The number of rotatable bonds is 8. The van der Waals surface area contributed by atoms with Crippen molar-refractivity contribution in [3.63, 3.8) is 0 Å². The van der Waals surface area contributed by atoms with Crippen molar-refractivity contribution in [1.82, 2.24) is 15.5 Å². The van der Waals surface area contributed by atoms with E-state index in [1.165, 1.54) is 19.3 Å². The molecule has 1 aliphatic carbocycles. The molecule has 1 aromatic rings. The van der Waals surface area contributed by atoms with Gasteiger partial charge in [-0.1, -0.05) is 30.3 Å². The molecule has 1 amide bonds. The number of benzene rings is 1. The Morgan fingerprint density at radius 2 is 2.04 bits per heavy atom. The van der Waals surface area contributed by atoms with E-state index in [1.54, 1.807) is 4.90 Å². The van der Waals surface area contributed by atoms with Gasteiger partial charge in [0, 0.05) is 37.8 Å². The molecule has 1 fully saturated rings. The maximum absolute atomic E-state index is 12.3. The van der Waals surface area contributed by atoms with Crippen LogP contribution in [-0.2, 0) is 11.3 Å². The SMILES string of the molecule is CCNC(=NCCC(=O)N(C)Cc1ccccc1)NC1CCC(SC)C1.I. The lowest BCUT2D eigenvalue weighted by Crippen LogP contribution is -2.42. The number of nitrogens with zero attached hydrogens (tertiary/aromatic N) is 2. The third-order valence-corrected chi connectivity index (χ3v) is 5.78. The van der Waals surface area contributed by atoms with Gasteiger partial charge in [-0.3, -0.25) is 9.79 Å². The van der Waals surface area contributed by atoms with Gasteiger partial charge in [0.05, 0.1) is 6.54 Å². The molecule has 0 bridgehead atoms. The second kappa shape index (κ2) is 13.3. The smallest absolute Gasteiger partial charge is 0.224 e. The molecule has 0 saturated heterocycles. The summed E-state index contributed by atoms with van der Waals surface area (Å²) in [7, 11) is 1.85. The van der Waals surface area contributed by atoms with Crippen LogP contribution in [0.15, 0.2) is 35.3 Å². The van der Waals surface area contributed by atoms with Crippen molar-refractivity contribution in [2.24, 2.45) is 4.99 Å². The van der Waals surface area contributed by atoms with Crippen molar-refractivity contribution < 1.29 is 4.79 Å². The largest absolute Gasteiger partial charge is 0.357 e. The first kappa shape index (κ1) is 24.1. The van der Waals surface area contributed by atoms with E-state index in [0.29, 0.717) is 25.6 Å². The minimum absolute atomic E-state index is 0. The highest BCUT2D eigenvalue weighted by atomic mass is 127. The molecule has 2 atom stereocenters. The van der Waals surface area contributed by atoms with Crippen molar-refractivity contribution in [1.29, 1.82) is 0 Å². The summed E-state index contributed by atoms with van der Waals surface area (Å²) in [6, 6.07) is 10.5. The maximum atomic E-state index is 12.3. The molecule has 0 aromatic heterocycles. The van der Waals surface area contributed by atoms with Gasteiger partial charge in [-0.15, -0.1) is 24.0 Å². The van der Waals surface area contributed by atoms with Gasteiger partial charge in [0.1, 0.15) is 0 Å². The Morgan fingerprint density at radius 3 is 2.67 bits per heavy atom. The Labute approximate surface area is 185 Å². The zero-order chi connectivity index (χ0) is 18.8. The zero-order valence-electron chi connectivity index (χ0n) is 16.6. The monoisotopic (exact) mass is 504 g/mol. The second-order valence-corrected chi connectivity index (χ2v) is 7.90. The van der Waals surface area contributed by atoms with Crippen LogP contribution in [0.2, 0.25) is 0 Å². The fourth-order valence-electron chi connectivity index (χ4n) is 3.20. The Kier molecular flexibility index (Phi) is 11.8. The molecule has 7 heteroatoms. The predicted molar refractivity (Wildman–Crippen MR) is 127 cm³/mol. The number of nitrogens with one attached hydrogen (secondary N) is 2. The highest BCUT2D eigenvalue weighted by Gasteiger charge is 2.24. The van der Waals surface area contributed by atoms with E-state index < -0.39 is 0 Å². The van der Waals surface area contributed by atoms with Crippen molar-refractivity contribution in [2.75, 3.05) is 26.4 Å². The highest BCUT2D eigenvalue weighted by Crippen LogP contribution is 2.27. The minimum atomic E-state index is 0. The molecule has 0 radical (unpaired) electrons. The number of aliphatic imine (C=N–C) groups is 1. The van der Waals surface area contributed by atoms with Crippen LogP contribution < -0.4 is 10.6 Å². The lowest BCUT2D eigenvalue weighted by Gasteiger charge is -2.18. The topological polar surface area (TPSA) is 56.7 Å². The molecule has 2 rings (SSSR count). The number of hydrogen-bond acceptors (Lipinski definition) is 3. The number of thioether (sulfide) groups is 1. The summed E-state index contributed by atoms with van der Waals surface area (Å²) in [5, 5.41) is 7.57. The van der Waals surface area contributed by atoms with Crippen molar-refractivity contribution in [2.45, 2.75) is 50.4 Å². The summed E-state index contributed by atoms with van der Waals surface area (Å²) >= 11 is 1.95. The van der Waals surface area contributed by atoms with Crippen LogP contribution in [-0.4, -0.2) is 54.5 Å². The van der Waals surface area contributed by atoms with Gasteiger partial charge in [-0.2, -0.15) is 11.8 Å². The molecule has 1 saturated carbocycles. The van der Waals surface area contributed by atoms with E-state index in [9.17, 15) is 4.79 Å². The number of guanidine groups is 1. The highest BCUT2D eigenvalue weighted by molar-refractivity contribution is 14.0. The lowest BCUT2D eigenvalue weighted by atomic mass is 10.2. The summed E-state index contributed by atoms with van der Waals surface area (Å²) in [5.74, 6) is 0.953. The lowest BCUT2D eigenvalue weighted by molar-refractivity contribution is -0.130. The number of carbonyl (C=O) groups is 1. The van der Waals surface area contributed by atoms with E-state index >= 15 is 0 Å². The Balaban J connectivity index is 0.00000364. The normalized spacial score (nSPS) is 19.3. The van der Waals surface area contributed by atoms with E-state index in [1.807, 2.05) is 49.1 Å². The van der Waals surface area contributed by atoms with Crippen LogP contribution in [0, 0.1) is 0 Å². The van der Waals surface area contributed by atoms with E-state index in [4.69, 9.17) is 0 Å². The molecule has 152 valence electrons. The number of amides is 1. The maximum Gasteiger partial charge on any atom is 0.224 e. The van der Waals surface area contributed by atoms with Crippen molar-refractivity contribution in [3.8, 4) is 0 Å². The fourth-order valence-corrected chi connectivity index (χ4v) is 3.99. The van der Waals surface area contributed by atoms with Crippen LogP contribution in [0.3, 0.4) is 0 Å². The molecule has 0 aliphatic heterocycles. The Bertz CT molecular complexity index is 585. The molecular formula is C20H33IN4OS. The molecule has 5 nitrogen and oxygen atoms in total. The summed E-state index contributed by atoms with van der Waals surface area (Å²) in [5.41, 5.74) is 1.14. The Morgan fingerprint density at radius 1 is 1.30 bits per heavy atom. The van der Waals surface area contributed by atoms with Gasteiger partial charge in [-0.05, 0) is 38.0 Å². The van der Waals surface area contributed by atoms with Crippen LogP contribution >= 0.6 is 35.7 Å².